The van der Waals surface area contributed by atoms with Crippen LogP contribution in [0, 0.1) is 0 Å². The average molecular weight is 301 g/mol. The summed E-state index contributed by atoms with van der Waals surface area (Å²) in [6, 6.07) is 0. The molecule has 0 fully saturated rings. The van der Waals surface area contributed by atoms with E-state index in [1.807, 2.05) is 0 Å². The van der Waals surface area contributed by atoms with Crippen LogP contribution in [0.5, 0.6) is 0 Å². The molecule has 68 valence electrons. The van der Waals surface area contributed by atoms with Crippen molar-refractivity contribution in [3.05, 3.63) is 11.6 Å². The first-order valence-electron chi connectivity index (χ1n) is 3.15. The van der Waals surface area contributed by atoms with E-state index in [0.717, 1.165) is 10.3 Å². The Bertz CT molecular complexity index is 301. The Morgan fingerprint density at radius 1 is 1.58 bits per heavy atom. The number of nitrogens with zero attached hydrogens (tertiary/aromatic N) is 3. The lowest BCUT2D eigenvalue weighted by molar-refractivity contribution is 0.560. The highest BCUT2D eigenvalue weighted by molar-refractivity contribution is 14.1. The SMILES string of the molecule is Cn1c(CI)nnc1CS(=O)O. The first kappa shape index (κ1) is 10.1. The summed E-state index contributed by atoms with van der Waals surface area (Å²) in [6.45, 7) is 0. The van der Waals surface area contributed by atoms with Crippen LogP contribution in [-0.4, -0.2) is 23.5 Å². The molecule has 1 atom stereocenters. The summed E-state index contributed by atoms with van der Waals surface area (Å²) in [6.07, 6.45) is 0. The molecule has 0 amide bonds. The van der Waals surface area contributed by atoms with Crippen LogP contribution in [0.25, 0.3) is 0 Å². The van der Waals surface area contributed by atoms with Crippen molar-refractivity contribution in [2.75, 3.05) is 0 Å². The number of hydrogen-bond acceptors (Lipinski definition) is 3. The zero-order valence-corrected chi connectivity index (χ0v) is 9.37. The second-order valence-corrected chi connectivity index (χ2v) is 3.89. The third kappa shape index (κ3) is 2.23. The molecule has 0 radical (unpaired) electrons. The van der Waals surface area contributed by atoms with Crippen molar-refractivity contribution < 1.29 is 8.76 Å². The van der Waals surface area contributed by atoms with Gasteiger partial charge in [-0.3, -0.25) is 0 Å². The summed E-state index contributed by atoms with van der Waals surface area (Å²) in [5.74, 6) is 1.40. The minimum Gasteiger partial charge on any atom is -0.317 e. The van der Waals surface area contributed by atoms with Gasteiger partial charge in [0.2, 0.25) is 0 Å². The molecule has 1 aromatic heterocycles. The lowest BCUT2D eigenvalue weighted by Gasteiger charge is -1.98. The quantitative estimate of drug-likeness (QED) is 0.501. The molecular formula is C5H8IN3O2S. The standard InChI is InChI=1S/C5H8IN3O2S/c1-9-4(2-6)7-8-5(9)3-12(10)11/h2-3H2,1H3,(H,10,11). The Kier molecular flexibility index (Phi) is 3.59. The Morgan fingerprint density at radius 2 is 2.17 bits per heavy atom. The molecular weight excluding hydrogens is 293 g/mol. The molecule has 1 unspecified atom stereocenters. The molecule has 0 aliphatic rings. The van der Waals surface area contributed by atoms with Crippen molar-refractivity contribution in [3.8, 4) is 0 Å². The van der Waals surface area contributed by atoms with Gasteiger partial charge in [-0.15, -0.1) is 10.2 Å². The highest BCUT2D eigenvalue weighted by Crippen LogP contribution is 2.05. The maximum atomic E-state index is 10.4. The van der Waals surface area contributed by atoms with Crippen LogP contribution < -0.4 is 0 Å². The molecule has 0 aromatic carbocycles. The van der Waals surface area contributed by atoms with E-state index in [1.54, 1.807) is 11.6 Å². The molecule has 1 heterocycles. The fourth-order valence-corrected chi connectivity index (χ4v) is 1.89. The summed E-state index contributed by atoms with van der Waals surface area (Å²) in [5, 5.41) is 7.63. The molecule has 0 saturated carbocycles. The van der Waals surface area contributed by atoms with Crippen LogP contribution in [0.15, 0.2) is 0 Å². The van der Waals surface area contributed by atoms with Gasteiger partial charge in [0.1, 0.15) is 17.4 Å². The Hall–Kier alpha value is -0.0200. The summed E-state index contributed by atoms with van der Waals surface area (Å²) in [4.78, 5) is 0. The third-order valence-electron chi connectivity index (χ3n) is 1.43. The van der Waals surface area contributed by atoms with Gasteiger partial charge in [0.15, 0.2) is 11.1 Å². The lowest BCUT2D eigenvalue weighted by atomic mass is 10.6. The van der Waals surface area contributed by atoms with Crippen molar-refractivity contribution in [3.63, 3.8) is 0 Å². The fourth-order valence-electron chi connectivity index (χ4n) is 0.751. The largest absolute Gasteiger partial charge is 0.317 e. The fraction of sp³-hybridized carbons (Fsp3) is 0.600. The predicted molar refractivity (Wildman–Crippen MR) is 53.2 cm³/mol. The van der Waals surface area contributed by atoms with Gasteiger partial charge in [-0.1, -0.05) is 22.6 Å². The van der Waals surface area contributed by atoms with Crippen molar-refractivity contribution in [1.29, 1.82) is 0 Å². The molecule has 0 saturated heterocycles. The smallest absolute Gasteiger partial charge is 0.160 e. The van der Waals surface area contributed by atoms with Crippen molar-refractivity contribution in [2.24, 2.45) is 7.05 Å². The van der Waals surface area contributed by atoms with E-state index < -0.39 is 11.1 Å². The summed E-state index contributed by atoms with van der Waals surface area (Å²) < 4.78 is 21.5. The van der Waals surface area contributed by atoms with Crippen LogP contribution >= 0.6 is 22.6 Å². The molecule has 0 bridgehead atoms. The van der Waals surface area contributed by atoms with E-state index in [2.05, 4.69) is 32.8 Å². The first-order chi connectivity index (χ1) is 5.65. The van der Waals surface area contributed by atoms with Gasteiger partial charge >= 0.3 is 0 Å². The minimum absolute atomic E-state index is 0.0418. The molecule has 0 aliphatic heterocycles. The number of halogens is 1. The maximum Gasteiger partial charge on any atom is 0.160 e. The molecule has 12 heavy (non-hydrogen) atoms. The Balaban J connectivity index is 2.87. The van der Waals surface area contributed by atoms with Gasteiger partial charge in [0.05, 0.1) is 4.43 Å². The van der Waals surface area contributed by atoms with E-state index in [-0.39, 0.29) is 5.75 Å². The first-order valence-corrected chi connectivity index (χ1v) is 5.96. The maximum absolute atomic E-state index is 10.4. The Labute approximate surface area is 86.0 Å². The molecule has 0 spiro atoms. The Morgan fingerprint density at radius 3 is 2.58 bits per heavy atom. The highest BCUT2D eigenvalue weighted by Gasteiger charge is 2.08. The van der Waals surface area contributed by atoms with Gasteiger partial charge in [-0.25, -0.2) is 4.21 Å². The second-order valence-electron chi connectivity index (χ2n) is 2.19. The van der Waals surface area contributed by atoms with Crippen LogP contribution in [0.2, 0.25) is 0 Å². The van der Waals surface area contributed by atoms with E-state index in [9.17, 15) is 4.21 Å². The van der Waals surface area contributed by atoms with Crippen molar-refractivity contribution in [2.45, 2.75) is 10.2 Å². The van der Waals surface area contributed by atoms with Crippen molar-refractivity contribution >= 4 is 33.7 Å². The topological polar surface area (TPSA) is 68.0 Å². The number of hydrogen-bond donors (Lipinski definition) is 1. The van der Waals surface area contributed by atoms with Crippen molar-refractivity contribution in [1.82, 2.24) is 14.8 Å². The number of aromatic nitrogens is 3. The van der Waals surface area contributed by atoms with E-state index in [4.69, 9.17) is 4.55 Å². The van der Waals surface area contributed by atoms with Gasteiger partial charge in [0, 0.05) is 7.05 Å². The minimum atomic E-state index is -1.84. The van der Waals surface area contributed by atoms with Gasteiger partial charge in [-0.2, -0.15) is 0 Å². The van der Waals surface area contributed by atoms with E-state index >= 15 is 0 Å². The van der Waals surface area contributed by atoms with Gasteiger partial charge < -0.3 is 9.12 Å². The summed E-state index contributed by atoms with van der Waals surface area (Å²) in [5.41, 5.74) is 0. The molecule has 1 N–H and O–H groups in total. The predicted octanol–water partition coefficient (Wildman–Crippen LogP) is 0.472. The molecule has 7 heteroatoms. The molecule has 1 rings (SSSR count). The zero-order valence-electron chi connectivity index (χ0n) is 6.40. The zero-order chi connectivity index (χ0) is 9.14. The van der Waals surface area contributed by atoms with Crippen LogP contribution in [0.3, 0.4) is 0 Å². The lowest BCUT2D eigenvalue weighted by Crippen LogP contribution is -2.03. The average Bonchev–Trinajstić information content (AvgIpc) is 2.32. The van der Waals surface area contributed by atoms with Crippen LogP contribution in [-0.2, 0) is 28.3 Å². The summed E-state index contributed by atoms with van der Waals surface area (Å²) in [7, 11) is 1.79. The van der Waals surface area contributed by atoms with Crippen LogP contribution in [0.1, 0.15) is 11.6 Å². The van der Waals surface area contributed by atoms with Gasteiger partial charge in [0.25, 0.3) is 0 Å². The van der Waals surface area contributed by atoms with Gasteiger partial charge in [-0.05, 0) is 0 Å². The monoisotopic (exact) mass is 301 g/mol. The molecule has 5 nitrogen and oxygen atoms in total. The number of rotatable bonds is 3. The van der Waals surface area contributed by atoms with E-state index in [0.29, 0.717) is 5.82 Å². The second kappa shape index (κ2) is 4.28. The van der Waals surface area contributed by atoms with Crippen LogP contribution in [0.4, 0.5) is 0 Å². The molecule has 0 aliphatic carbocycles. The number of alkyl halides is 1. The highest BCUT2D eigenvalue weighted by atomic mass is 127. The normalized spacial score (nSPS) is 13.2. The summed E-state index contributed by atoms with van der Waals surface area (Å²) >= 11 is 0.323. The van der Waals surface area contributed by atoms with E-state index in [1.165, 1.54) is 0 Å². The molecule has 1 aromatic rings. The third-order valence-corrected chi connectivity index (χ3v) is 2.61.